The molecule has 3 atom stereocenters. The predicted molar refractivity (Wildman–Crippen MR) is 79.3 cm³/mol. The van der Waals surface area contributed by atoms with Crippen molar-refractivity contribution in [3.05, 3.63) is 0 Å². The Morgan fingerprint density at radius 1 is 1.25 bits per heavy atom. The molecule has 1 aliphatic rings. The molecule has 0 bridgehead atoms. The first-order chi connectivity index (χ1) is 9.19. The van der Waals surface area contributed by atoms with Crippen LogP contribution in [-0.2, 0) is 9.59 Å². The average Bonchev–Trinajstić information content (AvgIpc) is 2.80. The van der Waals surface area contributed by atoms with Crippen LogP contribution in [0.5, 0.6) is 0 Å². The molecule has 0 spiro atoms. The van der Waals surface area contributed by atoms with Crippen LogP contribution in [0.2, 0.25) is 0 Å². The number of carbonyl (C=O) groups excluding carboxylic acids is 1. The van der Waals surface area contributed by atoms with E-state index in [0.717, 1.165) is 6.42 Å². The molecule has 4 heteroatoms. The molecular formula is C16H29NO3. The second-order valence-electron chi connectivity index (χ2n) is 7.16. The van der Waals surface area contributed by atoms with Gasteiger partial charge in [0.15, 0.2) is 0 Å². The molecule has 0 aliphatic heterocycles. The third kappa shape index (κ3) is 3.97. The van der Waals surface area contributed by atoms with Gasteiger partial charge in [0.1, 0.15) is 0 Å². The van der Waals surface area contributed by atoms with Gasteiger partial charge in [-0.1, -0.05) is 41.0 Å². The Kier molecular flexibility index (Phi) is 5.60. The van der Waals surface area contributed by atoms with Crippen molar-refractivity contribution in [1.29, 1.82) is 0 Å². The number of nitrogens with one attached hydrogen (secondary N) is 1. The zero-order valence-electron chi connectivity index (χ0n) is 13.4. The van der Waals surface area contributed by atoms with Gasteiger partial charge in [0, 0.05) is 6.54 Å². The standard InChI is InChI=1S/C16H29NO3/c1-6-11-7-12(13(8-11)15(19)20)14(18)17-9-16(4,5)10(2)3/h10-13H,6-9H2,1-5H3,(H,17,18)(H,19,20)/t11?,12-,13+/m0/s1. The van der Waals surface area contributed by atoms with Crippen LogP contribution in [0.1, 0.15) is 53.9 Å². The van der Waals surface area contributed by atoms with E-state index in [1.165, 1.54) is 0 Å². The molecule has 1 amide bonds. The average molecular weight is 283 g/mol. The normalized spacial score (nSPS) is 26.8. The molecule has 0 aromatic carbocycles. The van der Waals surface area contributed by atoms with E-state index in [0.29, 0.717) is 31.2 Å². The second-order valence-corrected chi connectivity index (χ2v) is 7.16. The van der Waals surface area contributed by atoms with Gasteiger partial charge in [-0.05, 0) is 30.1 Å². The molecule has 0 aromatic heterocycles. The number of hydrogen-bond acceptors (Lipinski definition) is 2. The lowest BCUT2D eigenvalue weighted by atomic mass is 9.81. The van der Waals surface area contributed by atoms with E-state index in [2.05, 4.69) is 39.9 Å². The van der Waals surface area contributed by atoms with Crippen molar-refractivity contribution in [2.24, 2.45) is 29.1 Å². The van der Waals surface area contributed by atoms with Crippen LogP contribution in [-0.4, -0.2) is 23.5 Å². The quantitative estimate of drug-likeness (QED) is 0.787. The maximum Gasteiger partial charge on any atom is 0.307 e. The summed E-state index contributed by atoms with van der Waals surface area (Å²) in [7, 11) is 0. The van der Waals surface area contributed by atoms with Crippen LogP contribution in [0.25, 0.3) is 0 Å². The number of amides is 1. The minimum Gasteiger partial charge on any atom is -0.481 e. The van der Waals surface area contributed by atoms with Crippen molar-refractivity contribution in [3.8, 4) is 0 Å². The highest BCUT2D eigenvalue weighted by Gasteiger charge is 2.42. The van der Waals surface area contributed by atoms with Gasteiger partial charge < -0.3 is 10.4 Å². The summed E-state index contributed by atoms with van der Waals surface area (Å²) in [5.74, 6) is -0.955. The highest BCUT2D eigenvalue weighted by atomic mass is 16.4. The Hall–Kier alpha value is -1.06. The van der Waals surface area contributed by atoms with Crippen LogP contribution in [0.4, 0.5) is 0 Å². The number of carboxylic acid groups (broad SMARTS) is 1. The van der Waals surface area contributed by atoms with E-state index < -0.39 is 11.9 Å². The van der Waals surface area contributed by atoms with Crippen LogP contribution in [0.15, 0.2) is 0 Å². The van der Waals surface area contributed by atoms with Crippen molar-refractivity contribution in [3.63, 3.8) is 0 Å². The maximum atomic E-state index is 12.3. The number of hydrogen-bond donors (Lipinski definition) is 2. The van der Waals surface area contributed by atoms with Crippen LogP contribution < -0.4 is 5.32 Å². The fourth-order valence-electron chi connectivity index (χ4n) is 2.69. The summed E-state index contributed by atoms with van der Waals surface area (Å²) in [6, 6.07) is 0. The van der Waals surface area contributed by atoms with Gasteiger partial charge in [-0.25, -0.2) is 0 Å². The van der Waals surface area contributed by atoms with E-state index in [1.54, 1.807) is 0 Å². The zero-order chi connectivity index (χ0) is 15.5. The number of aliphatic carboxylic acids is 1. The van der Waals surface area contributed by atoms with Gasteiger partial charge in [-0.2, -0.15) is 0 Å². The number of rotatable bonds is 6. The molecule has 20 heavy (non-hydrogen) atoms. The van der Waals surface area contributed by atoms with Gasteiger partial charge in [-0.3, -0.25) is 9.59 Å². The molecule has 1 rings (SSSR count). The van der Waals surface area contributed by atoms with Gasteiger partial charge >= 0.3 is 5.97 Å². The second kappa shape index (κ2) is 6.59. The summed E-state index contributed by atoms with van der Waals surface area (Å²) in [4.78, 5) is 23.6. The lowest BCUT2D eigenvalue weighted by molar-refractivity contribution is -0.146. The Morgan fingerprint density at radius 3 is 2.25 bits per heavy atom. The summed E-state index contributed by atoms with van der Waals surface area (Å²) < 4.78 is 0. The van der Waals surface area contributed by atoms with Crippen LogP contribution in [0.3, 0.4) is 0 Å². The van der Waals surface area contributed by atoms with E-state index in [9.17, 15) is 14.7 Å². The van der Waals surface area contributed by atoms with Crippen molar-refractivity contribution < 1.29 is 14.7 Å². The van der Waals surface area contributed by atoms with E-state index >= 15 is 0 Å². The number of carboxylic acids is 1. The zero-order valence-corrected chi connectivity index (χ0v) is 13.4. The maximum absolute atomic E-state index is 12.3. The Labute approximate surface area is 122 Å². The highest BCUT2D eigenvalue weighted by molar-refractivity contribution is 5.85. The first-order valence-corrected chi connectivity index (χ1v) is 7.69. The Morgan fingerprint density at radius 2 is 1.80 bits per heavy atom. The van der Waals surface area contributed by atoms with Gasteiger partial charge in [-0.15, -0.1) is 0 Å². The van der Waals surface area contributed by atoms with E-state index in [4.69, 9.17) is 0 Å². The minimum atomic E-state index is -0.829. The summed E-state index contributed by atoms with van der Waals surface area (Å²) in [6.07, 6.45) is 2.30. The van der Waals surface area contributed by atoms with E-state index in [-0.39, 0.29) is 17.2 Å². The molecule has 1 saturated carbocycles. The Balaban J connectivity index is 2.64. The molecule has 2 N–H and O–H groups in total. The SMILES string of the molecule is CCC1C[C@H](C(=O)NCC(C)(C)C(C)C)[C@H](C(=O)O)C1. The molecule has 1 aliphatic carbocycles. The predicted octanol–water partition coefficient (Wildman–Crippen LogP) is 2.92. The largest absolute Gasteiger partial charge is 0.481 e. The lowest BCUT2D eigenvalue weighted by Gasteiger charge is -2.30. The Bertz CT molecular complexity index is 363. The third-order valence-corrected chi connectivity index (χ3v) is 5.17. The first-order valence-electron chi connectivity index (χ1n) is 7.69. The molecule has 0 heterocycles. The highest BCUT2D eigenvalue weighted by Crippen LogP contribution is 2.38. The fraction of sp³-hybridized carbons (Fsp3) is 0.875. The van der Waals surface area contributed by atoms with Crippen molar-refractivity contribution in [1.82, 2.24) is 5.32 Å². The van der Waals surface area contributed by atoms with E-state index in [1.807, 2.05) is 0 Å². The minimum absolute atomic E-state index is 0.0249. The van der Waals surface area contributed by atoms with Gasteiger partial charge in [0.2, 0.25) is 5.91 Å². The first kappa shape index (κ1) is 17.0. The molecule has 0 aromatic rings. The third-order valence-electron chi connectivity index (χ3n) is 5.17. The molecule has 1 fully saturated rings. The molecular weight excluding hydrogens is 254 g/mol. The molecule has 116 valence electrons. The van der Waals surface area contributed by atoms with Crippen LogP contribution in [0, 0.1) is 29.1 Å². The van der Waals surface area contributed by atoms with Crippen molar-refractivity contribution in [2.45, 2.75) is 53.9 Å². The smallest absolute Gasteiger partial charge is 0.307 e. The van der Waals surface area contributed by atoms with Crippen molar-refractivity contribution >= 4 is 11.9 Å². The summed E-state index contributed by atoms with van der Waals surface area (Å²) >= 11 is 0. The van der Waals surface area contributed by atoms with Gasteiger partial charge in [0.05, 0.1) is 11.8 Å². The monoisotopic (exact) mass is 283 g/mol. The summed E-state index contributed by atoms with van der Waals surface area (Å²) in [6.45, 7) is 11.2. The lowest BCUT2D eigenvalue weighted by Crippen LogP contribution is -2.41. The van der Waals surface area contributed by atoms with Gasteiger partial charge in [0.25, 0.3) is 0 Å². The summed E-state index contributed by atoms with van der Waals surface area (Å²) in [5, 5.41) is 12.3. The van der Waals surface area contributed by atoms with Crippen molar-refractivity contribution in [2.75, 3.05) is 6.54 Å². The topological polar surface area (TPSA) is 66.4 Å². The molecule has 1 unspecified atom stereocenters. The van der Waals surface area contributed by atoms with Crippen LogP contribution >= 0.6 is 0 Å². The number of carbonyl (C=O) groups is 2. The fourth-order valence-corrected chi connectivity index (χ4v) is 2.69. The molecule has 4 nitrogen and oxygen atoms in total. The molecule has 0 saturated heterocycles. The molecule has 0 radical (unpaired) electrons. The summed E-state index contributed by atoms with van der Waals surface area (Å²) in [5.41, 5.74) is 0.0249.